The average Bonchev–Trinajstić information content (AvgIpc) is 3.03. The van der Waals surface area contributed by atoms with Gasteiger partial charge < -0.3 is 19.6 Å². The van der Waals surface area contributed by atoms with Crippen LogP contribution in [0.4, 0.5) is 4.79 Å². The summed E-state index contributed by atoms with van der Waals surface area (Å²) >= 11 is 1.15. The number of nitrogens with zero attached hydrogens (tertiary/aromatic N) is 2. The molecule has 1 amide bonds. The first kappa shape index (κ1) is 16.0. The van der Waals surface area contributed by atoms with Gasteiger partial charge >= 0.3 is 12.1 Å². The summed E-state index contributed by atoms with van der Waals surface area (Å²) in [6.45, 7) is 5.35. The molecule has 0 atom stereocenters. The Kier molecular flexibility index (Phi) is 4.45. The summed E-state index contributed by atoms with van der Waals surface area (Å²) in [5, 5.41) is 13.2. The Morgan fingerprint density at radius 1 is 1.41 bits per heavy atom. The fourth-order valence-corrected chi connectivity index (χ4v) is 2.18. The van der Waals surface area contributed by atoms with Gasteiger partial charge in [-0.15, -0.1) is 11.3 Å². The molecule has 0 saturated heterocycles. The number of carboxylic acid groups (broad SMARTS) is 1. The third-order valence-electron chi connectivity index (χ3n) is 2.28. The van der Waals surface area contributed by atoms with Crippen LogP contribution in [0.5, 0.6) is 0 Å². The molecule has 0 saturated carbocycles. The molecule has 2 rings (SSSR count). The summed E-state index contributed by atoms with van der Waals surface area (Å²) < 4.78 is 10.3. The van der Waals surface area contributed by atoms with Crippen molar-refractivity contribution < 1.29 is 23.8 Å². The fraction of sp³-hybridized carbons (Fsp3) is 0.385. The molecule has 22 heavy (non-hydrogen) atoms. The summed E-state index contributed by atoms with van der Waals surface area (Å²) in [6.07, 6.45) is 0.783. The minimum atomic E-state index is -1.10. The molecule has 0 radical (unpaired) electrons. The van der Waals surface area contributed by atoms with Crippen LogP contribution in [0.15, 0.2) is 16.1 Å². The van der Waals surface area contributed by atoms with E-state index in [-0.39, 0.29) is 18.1 Å². The molecule has 0 aliphatic carbocycles. The second kappa shape index (κ2) is 6.14. The lowest BCUT2D eigenvalue weighted by Gasteiger charge is -2.19. The molecule has 118 valence electrons. The number of rotatable bonds is 4. The Morgan fingerprint density at radius 3 is 2.73 bits per heavy atom. The van der Waals surface area contributed by atoms with Crippen molar-refractivity contribution in [1.82, 2.24) is 15.3 Å². The van der Waals surface area contributed by atoms with Gasteiger partial charge in [-0.2, -0.15) is 0 Å². The molecule has 2 N–H and O–H groups in total. The van der Waals surface area contributed by atoms with E-state index < -0.39 is 17.7 Å². The summed E-state index contributed by atoms with van der Waals surface area (Å²) in [7, 11) is 0. The summed E-state index contributed by atoms with van der Waals surface area (Å²) in [6, 6.07) is 0. The topological polar surface area (TPSA) is 115 Å². The molecule has 0 bridgehead atoms. The highest BCUT2D eigenvalue weighted by Crippen LogP contribution is 2.23. The number of oxazole rings is 1. The van der Waals surface area contributed by atoms with Crippen LogP contribution in [0.3, 0.4) is 0 Å². The van der Waals surface area contributed by atoms with Crippen molar-refractivity contribution in [3.8, 4) is 10.7 Å². The Morgan fingerprint density at radius 2 is 2.14 bits per heavy atom. The second-order valence-electron chi connectivity index (χ2n) is 5.32. The van der Waals surface area contributed by atoms with E-state index in [9.17, 15) is 9.59 Å². The van der Waals surface area contributed by atoms with Crippen LogP contribution in [-0.4, -0.2) is 32.7 Å². The predicted molar refractivity (Wildman–Crippen MR) is 77.6 cm³/mol. The summed E-state index contributed by atoms with van der Waals surface area (Å²) in [5.74, 6) is -0.828. The largest absolute Gasteiger partial charge is 0.476 e. The van der Waals surface area contributed by atoms with Crippen molar-refractivity contribution in [1.29, 1.82) is 0 Å². The first-order chi connectivity index (χ1) is 10.2. The molecule has 0 spiro atoms. The van der Waals surface area contributed by atoms with Crippen molar-refractivity contribution in [2.24, 2.45) is 0 Å². The minimum absolute atomic E-state index is 0.0450. The van der Waals surface area contributed by atoms with E-state index in [1.807, 2.05) is 0 Å². The van der Waals surface area contributed by atoms with E-state index in [2.05, 4.69) is 15.3 Å². The number of aromatic nitrogens is 2. The predicted octanol–water partition coefficient (Wildman–Crippen LogP) is 2.52. The number of aromatic carboxylic acids is 1. The van der Waals surface area contributed by atoms with Gasteiger partial charge in [0.15, 0.2) is 5.69 Å². The first-order valence-corrected chi connectivity index (χ1v) is 7.23. The van der Waals surface area contributed by atoms with Crippen molar-refractivity contribution in [3.63, 3.8) is 0 Å². The number of alkyl carbamates (subject to hydrolysis) is 1. The van der Waals surface area contributed by atoms with E-state index in [4.69, 9.17) is 14.3 Å². The SMILES string of the molecule is CC(C)(C)OC(=O)NCc1nc(-c2nc(C(=O)O)cs2)co1. The highest BCUT2D eigenvalue weighted by Gasteiger charge is 2.17. The van der Waals surface area contributed by atoms with E-state index in [1.165, 1.54) is 11.6 Å². The molecule has 2 aromatic heterocycles. The lowest BCUT2D eigenvalue weighted by atomic mass is 10.2. The quantitative estimate of drug-likeness (QED) is 0.887. The Hall–Kier alpha value is -2.42. The number of carbonyl (C=O) groups excluding carboxylic acids is 1. The zero-order valence-corrected chi connectivity index (χ0v) is 13.1. The van der Waals surface area contributed by atoms with E-state index in [1.54, 1.807) is 20.8 Å². The van der Waals surface area contributed by atoms with Crippen LogP contribution in [0, 0.1) is 0 Å². The van der Waals surface area contributed by atoms with Crippen molar-refractivity contribution >= 4 is 23.4 Å². The normalized spacial score (nSPS) is 11.2. The highest BCUT2D eigenvalue weighted by molar-refractivity contribution is 7.13. The van der Waals surface area contributed by atoms with Gasteiger partial charge in [0.05, 0.1) is 6.54 Å². The molecule has 9 heteroatoms. The van der Waals surface area contributed by atoms with Gasteiger partial charge in [0.1, 0.15) is 22.6 Å². The Bertz CT molecular complexity index is 686. The number of nitrogens with one attached hydrogen (secondary N) is 1. The molecule has 0 aromatic carbocycles. The third kappa shape index (κ3) is 4.29. The van der Waals surface area contributed by atoms with Gasteiger partial charge in [-0.25, -0.2) is 19.6 Å². The van der Waals surface area contributed by atoms with Crippen LogP contribution in [0.25, 0.3) is 10.7 Å². The molecular weight excluding hydrogens is 310 g/mol. The van der Waals surface area contributed by atoms with Crippen LogP contribution in [0.1, 0.15) is 37.2 Å². The van der Waals surface area contributed by atoms with Crippen LogP contribution in [0.2, 0.25) is 0 Å². The van der Waals surface area contributed by atoms with Crippen molar-refractivity contribution in [3.05, 3.63) is 23.2 Å². The summed E-state index contributed by atoms with van der Waals surface area (Å²) in [4.78, 5) is 30.4. The second-order valence-corrected chi connectivity index (χ2v) is 6.18. The zero-order chi connectivity index (χ0) is 16.3. The van der Waals surface area contributed by atoms with Crippen LogP contribution >= 0.6 is 11.3 Å². The molecule has 0 aliphatic rings. The monoisotopic (exact) mass is 325 g/mol. The molecule has 0 aliphatic heterocycles. The summed E-state index contributed by atoms with van der Waals surface area (Å²) in [5.41, 5.74) is -0.213. The molecule has 2 aromatic rings. The van der Waals surface area contributed by atoms with Gasteiger partial charge in [0.25, 0.3) is 0 Å². The van der Waals surface area contributed by atoms with Crippen molar-refractivity contribution in [2.45, 2.75) is 32.9 Å². The Labute approximate surface area is 130 Å². The van der Waals surface area contributed by atoms with E-state index in [0.717, 1.165) is 11.3 Å². The van der Waals surface area contributed by atoms with Crippen molar-refractivity contribution in [2.75, 3.05) is 0 Å². The van der Waals surface area contributed by atoms with Gasteiger partial charge in [0, 0.05) is 5.38 Å². The maximum Gasteiger partial charge on any atom is 0.408 e. The highest BCUT2D eigenvalue weighted by atomic mass is 32.1. The van der Waals surface area contributed by atoms with E-state index in [0.29, 0.717) is 10.7 Å². The number of ether oxygens (including phenoxy) is 1. The Balaban J connectivity index is 1.96. The number of carboxylic acids is 1. The van der Waals surface area contributed by atoms with Crippen LogP contribution in [-0.2, 0) is 11.3 Å². The number of hydrogen-bond acceptors (Lipinski definition) is 7. The van der Waals surface area contributed by atoms with E-state index >= 15 is 0 Å². The number of hydrogen-bond donors (Lipinski definition) is 2. The lowest BCUT2D eigenvalue weighted by Crippen LogP contribution is -2.32. The lowest BCUT2D eigenvalue weighted by molar-refractivity contribution is 0.0518. The van der Waals surface area contributed by atoms with Gasteiger partial charge in [-0.1, -0.05) is 0 Å². The first-order valence-electron chi connectivity index (χ1n) is 6.35. The number of carbonyl (C=O) groups is 2. The molecule has 0 fully saturated rings. The molecule has 8 nitrogen and oxygen atoms in total. The number of amides is 1. The maximum atomic E-state index is 11.5. The van der Waals surface area contributed by atoms with Gasteiger partial charge in [0.2, 0.25) is 5.89 Å². The minimum Gasteiger partial charge on any atom is -0.476 e. The average molecular weight is 325 g/mol. The molecular formula is C13H15N3O5S. The van der Waals surface area contributed by atoms with Gasteiger partial charge in [-0.05, 0) is 20.8 Å². The standard InChI is InChI=1S/C13H15N3O5S/c1-13(2,3)21-12(19)14-4-9-15-7(5-20-9)10-16-8(6-22-10)11(17)18/h5-6H,4H2,1-3H3,(H,14,19)(H,17,18). The molecule has 2 heterocycles. The third-order valence-corrected chi connectivity index (χ3v) is 3.14. The maximum absolute atomic E-state index is 11.5. The zero-order valence-electron chi connectivity index (χ0n) is 12.2. The van der Waals surface area contributed by atoms with Gasteiger partial charge in [-0.3, -0.25) is 0 Å². The fourth-order valence-electron chi connectivity index (χ4n) is 1.44. The molecule has 0 unspecified atom stereocenters. The smallest absolute Gasteiger partial charge is 0.408 e. The van der Waals surface area contributed by atoms with Crippen LogP contribution < -0.4 is 5.32 Å². The number of thiazole rings is 1.